The van der Waals surface area contributed by atoms with Crippen molar-refractivity contribution in [2.24, 2.45) is 0 Å². The smallest absolute Gasteiger partial charge is 0.371 e. The molecule has 118 valence electrons. The Morgan fingerprint density at radius 3 is 2.65 bits per heavy atom. The van der Waals surface area contributed by atoms with Gasteiger partial charge in [-0.15, -0.1) is 0 Å². The van der Waals surface area contributed by atoms with E-state index in [-0.39, 0.29) is 5.76 Å². The van der Waals surface area contributed by atoms with E-state index in [1.54, 1.807) is 0 Å². The lowest BCUT2D eigenvalue weighted by Crippen LogP contribution is -1.91. The molecule has 0 bridgehead atoms. The quantitative estimate of drug-likeness (QED) is 0.699. The van der Waals surface area contributed by atoms with Gasteiger partial charge in [-0.1, -0.05) is 37.1 Å². The lowest BCUT2D eigenvalue weighted by molar-refractivity contribution is 0.0665. The summed E-state index contributed by atoms with van der Waals surface area (Å²) in [6.45, 7) is 2.11. The molecule has 5 heteroatoms. The van der Waals surface area contributed by atoms with Crippen LogP contribution in [-0.4, -0.2) is 16.1 Å². The van der Waals surface area contributed by atoms with Gasteiger partial charge in [0.2, 0.25) is 5.76 Å². The molecule has 3 aromatic rings. The number of hydrogen-bond donors (Lipinski definition) is 1. The molecule has 2 aromatic heterocycles. The van der Waals surface area contributed by atoms with Gasteiger partial charge in [0.15, 0.2) is 5.58 Å². The first-order valence-electron chi connectivity index (χ1n) is 7.51. The van der Waals surface area contributed by atoms with Gasteiger partial charge in [-0.2, -0.15) is 0 Å². The van der Waals surface area contributed by atoms with Gasteiger partial charge in [0.1, 0.15) is 5.52 Å². The first-order valence-corrected chi connectivity index (χ1v) is 7.89. The minimum absolute atomic E-state index is 0.0847. The first-order chi connectivity index (χ1) is 11.1. The zero-order valence-electron chi connectivity index (χ0n) is 12.7. The Kier molecular flexibility index (Phi) is 4.35. The maximum Gasteiger partial charge on any atom is 0.371 e. The van der Waals surface area contributed by atoms with Gasteiger partial charge in [-0.05, 0) is 36.6 Å². The van der Waals surface area contributed by atoms with Gasteiger partial charge < -0.3 is 9.52 Å². The number of carbonyl (C=O) groups is 1. The number of pyridine rings is 1. The van der Waals surface area contributed by atoms with Crippen LogP contribution in [0.15, 0.2) is 40.8 Å². The number of carboxylic acids is 1. The van der Waals surface area contributed by atoms with Crippen molar-refractivity contribution in [2.45, 2.75) is 26.2 Å². The Morgan fingerprint density at radius 2 is 2.00 bits per heavy atom. The van der Waals surface area contributed by atoms with Gasteiger partial charge in [0, 0.05) is 16.7 Å². The summed E-state index contributed by atoms with van der Waals surface area (Å²) in [6.07, 6.45) is 2.87. The summed E-state index contributed by atoms with van der Waals surface area (Å²) >= 11 is 5.93. The summed E-state index contributed by atoms with van der Waals surface area (Å²) in [5.74, 6) is -1.17. The van der Waals surface area contributed by atoms with E-state index in [2.05, 4.69) is 11.9 Å². The largest absolute Gasteiger partial charge is 0.475 e. The van der Waals surface area contributed by atoms with Crippen molar-refractivity contribution in [3.63, 3.8) is 0 Å². The van der Waals surface area contributed by atoms with Crippen molar-refractivity contribution < 1.29 is 14.3 Å². The lowest BCUT2D eigenvalue weighted by Gasteiger charge is -2.06. The van der Waals surface area contributed by atoms with Crippen LogP contribution in [0.4, 0.5) is 0 Å². The molecule has 0 saturated heterocycles. The molecule has 0 unspecified atom stereocenters. The van der Waals surface area contributed by atoms with Gasteiger partial charge >= 0.3 is 5.97 Å². The van der Waals surface area contributed by atoms with E-state index >= 15 is 0 Å². The predicted molar refractivity (Wildman–Crippen MR) is 90.0 cm³/mol. The molecular formula is C18H16ClNO3. The molecule has 0 fully saturated rings. The van der Waals surface area contributed by atoms with Crippen LogP contribution < -0.4 is 0 Å². The number of fused-ring (bicyclic) bond motifs is 1. The lowest BCUT2D eigenvalue weighted by atomic mass is 10.0. The number of unbranched alkanes of at least 4 members (excludes halogenated alkanes) is 1. The summed E-state index contributed by atoms with van der Waals surface area (Å²) < 4.78 is 5.48. The number of halogens is 1. The second-order valence-electron chi connectivity index (χ2n) is 5.41. The number of aromatic carboxylic acids is 1. The molecule has 0 atom stereocenters. The average molecular weight is 330 g/mol. The SMILES string of the molecule is CCCCc1cc(-c2ccc(Cl)cc2)nc2cc(C(=O)O)oc12. The number of aromatic nitrogens is 1. The van der Waals surface area contributed by atoms with Crippen molar-refractivity contribution in [3.05, 3.63) is 52.7 Å². The summed E-state index contributed by atoms with van der Waals surface area (Å²) in [7, 11) is 0. The maximum absolute atomic E-state index is 11.2. The molecule has 3 rings (SSSR count). The van der Waals surface area contributed by atoms with Crippen LogP contribution in [-0.2, 0) is 6.42 Å². The van der Waals surface area contributed by atoms with E-state index in [1.807, 2.05) is 30.3 Å². The van der Waals surface area contributed by atoms with E-state index in [0.29, 0.717) is 16.1 Å². The summed E-state index contributed by atoms with van der Waals surface area (Å²) in [6, 6.07) is 10.9. The van der Waals surface area contributed by atoms with Gasteiger partial charge in [0.05, 0.1) is 5.69 Å². The Bertz CT molecular complexity index is 853. The number of nitrogens with zero attached hydrogens (tertiary/aromatic N) is 1. The molecule has 0 aliphatic heterocycles. The van der Waals surface area contributed by atoms with Crippen LogP contribution in [0.2, 0.25) is 5.02 Å². The fraction of sp³-hybridized carbons (Fsp3) is 0.222. The monoisotopic (exact) mass is 329 g/mol. The van der Waals surface area contributed by atoms with Gasteiger partial charge in [-0.25, -0.2) is 9.78 Å². The standard InChI is InChI=1S/C18H16ClNO3/c1-2-3-4-12-9-14(11-5-7-13(19)8-6-11)20-15-10-16(18(21)22)23-17(12)15/h5-10H,2-4H2,1H3,(H,21,22). The fourth-order valence-corrected chi connectivity index (χ4v) is 2.64. The highest BCUT2D eigenvalue weighted by atomic mass is 35.5. The zero-order valence-corrected chi connectivity index (χ0v) is 13.4. The Hall–Kier alpha value is -2.33. The van der Waals surface area contributed by atoms with Crippen LogP contribution in [0.5, 0.6) is 0 Å². The molecule has 1 aromatic carbocycles. The van der Waals surface area contributed by atoms with E-state index in [4.69, 9.17) is 21.1 Å². The Labute approximate surface area is 138 Å². The highest BCUT2D eigenvalue weighted by molar-refractivity contribution is 6.30. The molecule has 0 amide bonds. The third-order valence-corrected chi connectivity index (χ3v) is 3.96. The molecule has 0 radical (unpaired) electrons. The van der Waals surface area contributed by atoms with Crippen LogP contribution in [0.1, 0.15) is 35.9 Å². The van der Waals surface area contributed by atoms with Gasteiger partial charge in [-0.3, -0.25) is 0 Å². The second kappa shape index (κ2) is 6.42. The molecule has 23 heavy (non-hydrogen) atoms. The van der Waals surface area contributed by atoms with E-state index in [0.717, 1.165) is 36.1 Å². The molecule has 0 spiro atoms. The number of furan rings is 1. The molecule has 1 N–H and O–H groups in total. The highest BCUT2D eigenvalue weighted by Crippen LogP contribution is 2.29. The molecular weight excluding hydrogens is 314 g/mol. The normalized spacial score (nSPS) is 11.0. The van der Waals surface area contributed by atoms with Crippen LogP contribution in [0.3, 0.4) is 0 Å². The number of carboxylic acid groups (broad SMARTS) is 1. The van der Waals surface area contributed by atoms with Crippen LogP contribution in [0, 0.1) is 0 Å². The third-order valence-electron chi connectivity index (χ3n) is 3.71. The maximum atomic E-state index is 11.2. The average Bonchev–Trinajstić information content (AvgIpc) is 2.97. The first kappa shape index (κ1) is 15.6. The Balaban J connectivity index is 2.15. The van der Waals surface area contributed by atoms with Crippen molar-refractivity contribution >= 4 is 28.7 Å². The summed E-state index contributed by atoms with van der Waals surface area (Å²) in [4.78, 5) is 15.7. The van der Waals surface area contributed by atoms with E-state index in [1.165, 1.54) is 6.07 Å². The van der Waals surface area contributed by atoms with Gasteiger partial charge in [0.25, 0.3) is 0 Å². The molecule has 0 saturated carbocycles. The van der Waals surface area contributed by atoms with Crippen molar-refractivity contribution in [1.82, 2.24) is 4.98 Å². The summed E-state index contributed by atoms with van der Waals surface area (Å²) in [5, 5.41) is 9.80. The topological polar surface area (TPSA) is 63.3 Å². The number of benzene rings is 1. The molecule has 2 heterocycles. The van der Waals surface area contributed by atoms with E-state index < -0.39 is 5.97 Å². The zero-order chi connectivity index (χ0) is 16.4. The predicted octanol–water partition coefficient (Wildman–Crippen LogP) is 5.19. The van der Waals surface area contributed by atoms with Crippen LogP contribution >= 0.6 is 11.6 Å². The van der Waals surface area contributed by atoms with Crippen molar-refractivity contribution in [2.75, 3.05) is 0 Å². The highest BCUT2D eigenvalue weighted by Gasteiger charge is 2.16. The van der Waals surface area contributed by atoms with Crippen LogP contribution in [0.25, 0.3) is 22.4 Å². The van der Waals surface area contributed by atoms with E-state index in [9.17, 15) is 4.79 Å². The molecule has 0 aliphatic rings. The number of hydrogen-bond acceptors (Lipinski definition) is 3. The number of aryl methyl sites for hydroxylation is 1. The second-order valence-corrected chi connectivity index (χ2v) is 5.84. The molecule has 4 nitrogen and oxygen atoms in total. The van der Waals surface area contributed by atoms with Crippen molar-refractivity contribution in [1.29, 1.82) is 0 Å². The Morgan fingerprint density at radius 1 is 1.26 bits per heavy atom. The third kappa shape index (κ3) is 3.22. The number of rotatable bonds is 5. The fourth-order valence-electron chi connectivity index (χ4n) is 2.51. The summed E-state index contributed by atoms with van der Waals surface area (Å²) in [5.41, 5.74) is 3.84. The van der Waals surface area contributed by atoms with Crippen molar-refractivity contribution in [3.8, 4) is 11.3 Å². The minimum atomic E-state index is -1.09. The minimum Gasteiger partial charge on any atom is -0.475 e. The molecule has 0 aliphatic carbocycles.